The Morgan fingerprint density at radius 2 is 1.71 bits per heavy atom. The van der Waals surface area contributed by atoms with Crippen molar-refractivity contribution in [1.82, 2.24) is 0 Å². The molecule has 0 saturated carbocycles. The van der Waals surface area contributed by atoms with Gasteiger partial charge in [0.2, 0.25) is 0 Å². The maximum absolute atomic E-state index is 13.5. The lowest BCUT2D eigenvalue weighted by atomic mass is 9.81. The molecule has 0 spiro atoms. The van der Waals surface area contributed by atoms with Crippen molar-refractivity contribution < 1.29 is 9.50 Å². The summed E-state index contributed by atoms with van der Waals surface area (Å²) in [5.74, 6) is -0.361. The molecule has 0 fully saturated rings. The largest absolute Gasteiger partial charge is 0.384 e. The number of hydrogen-bond donors (Lipinski definition) is 1. The number of benzene rings is 2. The molecule has 112 valence electrons. The van der Waals surface area contributed by atoms with Gasteiger partial charge in [-0.3, -0.25) is 0 Å². The summed E-state index contributed by atoms with van der Waals surface area (Å²) in [4.78, 5) is 0. The predicted molar refractivity (Wildman–Crippen MR) is 85.4 cm³/mol. The maximum Gasteiger partial charge on any atom is 0.127 e. The summed E-state index contributed by atoms with van der Waals surface area (Å²) in [6, 6.07) is 10.6. The van der Waals surface area contributed by atoms with E-state index in [1.165, 1.54) is 6.07 Å². The van der Waals surface area contributed by atoms with Crippen molar-refractivity contribution in [3.05, 3.63) is 69.5 Å². The Labute approximate surface area is 130 Å². The van der Waals surface area contributed by atoms with Crippen molar-refractivity contribution in [2.24, 2.45) is 0 Å². The van der Waals surface area contributed by atoms with Gasteiger partial charge >= 0.3 is 0 Å². The second kappa shape index (κ2) is 5.78. The van der Waals surface area contributed by atoms with E-state index in [4.69, 9.17) is 11.6 Å². The minimum absolute atomic E-state index is 0.0981. The topological polar surface area (TPSA) is 20.2 Å². The molecule has 1 N–H and O–H groups in total. The van der Waals surface area contributed by atoms with Gasteiger partial charge in [-0.25, -0.2) is 4.39 Å². The number of rotatable bonds is 2. The monoisotopic (exact) mass is 306 g/mol. The van der Waals surface area contributed by atoms with Gasteiger partial charge in [-0.15, -0.1) is 0 Å². The third kappa shape index (κ3) is 3.28. The molecule has 0 saturated heterocycles. The first-order valence-corrected chi connectivity index (χ1v) is 7.32. The van der Waals surface area contributed by atoms with Crippen LogP contribution in [-0.2, 0) is 5.41 Å². The molecule has 2 aromatic carbocycles. The van der Waals surface area contributed by atoms with Gasteiger partial charge in [0.25, 0.3) is 0 Å². The molecule has 2 aromatic rings. The molecule has 0 amide bonds. The van der Waals surface area contributed by atoms with Crippen LogP contribution in [0.1, 0.15) is 49.1 Å². The lowest BCUT2D eigenvalue weighted by molar-refractivity contribution is 0.217. The van der Waals surface area contributed by atoms with Crippen LogP contribution in [0.15, 0.2) is 36.4 Å². The van der Waals surface area contributed by atoms with E-state index in [1.807, 2.05) is 24.3 Å². The fourth-order valence-corrected chi connectivity index (χ4v) is 2.73. The maximum atomic E-state index is 13.5. The average molecular weight is 307 g/mol. The molecule has 0 aliphatic carbocycles. The summed E-state index contributed by atoms with van der Waals surface area (Å²) >= 11 is 6.11. The van der Waals surface area contributed by atoms with Gasteiger partial charge in [-0.2, -0.15) is 0 Å². The van der Waals surface area contributed by atoms with Crippen molar-refractivity contribution in [3.63, 3.8) is 0 Å². The number of aliphatic hydroxyl groups excluding tert-OH is 1. The van der Waals surface area contributed by atoms with Crippen LogP contribution in [0.25, 0.3) is 0 Å². The van der Waals surface area contributed by atoms with Crippen molar-refractivity contribution in [3.8, 4) is 0 Å². The minimum atomic E-state index is -0.868. The molecule has 0 heterocycles. The van der Waals surface area contributed by atoms with Crippen LogP contribution in [-0.4, -0.2) is 5.11 Å². The zero-order valence-electron chi connectivity index (χ0n) is 12.7. The lowest BCUT2D eigenvalue weighted by Crippen LogP contribution is -2.16. The van der Waals surface area contributed by atoms with Crippen LogP contribution in [0.4, 0.5) is 4.39 Å². The first kappa shape index (κ1) is 16.0. The Balaban J connectivity index is 2.56. The first-order chi connectivity index (χ1) is 9.71. The Morgan fingerprint density at radius 3 is 2.33 bits per heavy atom. The average Bonchev–Trinajstić information content (AvgIpc) is 2.41. The van der Waals surface area contributed by atoms with E-state index in [-0.39, 0.29) is 16.3 Å². The van der Waals surface area contributed by atoms with Gasteiger partial charge in [0.05, 0.1) is 0 Å². The Hall–Kier alpha value is -1.38. The third-order valence-corrected chi connectivity index (χ3v) is 3.96. The molecule has 0 aliphatic heterocycles. The molecule has 21 heavy (non-hydrogen) atoms. The van der Waals surface area contributed by atoms with Gasteiger partial charge < -0.3 is 5.11 Å². The van der Waals surface area contributed by atoms with Crippen LogP contribution in [0, 0.1) is 12.7 Å². The molecule has 2 rings (SSSR count). The fourth-order valence-electron chi connectivity index (χ4n) is 2.48. The molecular weight excluding hydrogens is 287 g/mol. The van der Waals surface area contributed by atoms with Crippen LogP contribution in [0.2, 0.25) is 5.02 Å². The third-order valence-electron chi connectivity index (χ3n) is 3.64. The van der Waals surface area contributed by atoms with E-state index >= 15 is 0 Å². The highest BCUT2D eigenvalue weighted by atomic mass is 35.5. The fraction of sp³-hybridized carbons (Fsp3) is 0.333. The van der Waals surface area contributed by atoms with E-state index < -0.39 is 6.10 Å². The molecule has 1 unspecified atom stereocenters. The molecular formula is C18H20ClFO. The molecule has 3 heteroatoms. The molecule has 1 nitrogen and oxygen atoms in total. The highest BCUT2D eigenvalue weighted by Crippen LogP contribution is 2.35. The van der Waals surface area contributed by atoms with Crippen molar-refractivity contribution in [2.45, 2.75) is 39.2 Å². The zero-order chi connectivity index (χ0) is 15.8. The van der Waals surface area contributed by atoms with Gasteiger partial charge in [-0.05, 0) is 41.2 Å². The van der Waals surface area contributed by atoms with Gasteiger partial charge in [0.1, 0.15) is 11.9 Å². The van der Waals surface area contributed by atoms with Crippen LogP contribution in [0.3, 0.4) is 0 Å². The van der Waals surface area contributed by atoms with Crippen molar-refractivity contribution in [1.29, 1.82) is 0 Å². The van der Waals surface area contributed by atoms with E-state index in [1.54, 1.807) is 13.0 Å². The van der Waals surface area contributed by atoms with Gasteiger partial charge in [0.15, 0.2) is 0 Å². The number of hydrogen-bond acceptors (Lipinski definition) is 1. The van der Waals surface area contributed by atoms with Crippen LogP contribution >= 0.6 is 11.6 Å². The summed E-state index contributed by atoms with van der Waals surface area (Å²) in [6.07, 6.45) is -0.868. The molecule has 0 aromatic heterocycles. The second-order valence-corrected chi connectivity index (χ2v) is 6.77. The zero-order valence-corrected chi connectivity index (χ0v) is 13.5. The molecule has 0 radical (unpaired) electrons. The summed E-state index contributed by atoms with van der Waals surface area (Å²) in [6.45, 7) is 7.94. The van der Waals surface area contributed by atoms with Gasteiger partial charge in [-0.1, -0.05) is 56.6 Å². The molecule has 0 aliphatic rings. The highest BCUT2D eigenvalue weighted by Gasteiger charge is 2.24. The lowest BCUT2D eigenvalue weighted by Gasteiger charge is -2.26. The van der Waals surface area contributed by atoms with Crippen LogP contribution < -0.4 is 0 Å². The van der Waals surface area contributed by atoms with E-state index in [0.29, 0.717) is 11.1 Å². The normalized spacial score (nSPS) is 13.3. The smallest absolute Gasteiger partial charge is 0.127 e. The molecule has 0 bridgehead atoms. The quantitative estimate of drug-likeness (QED) is 0.812. The minimum Gasteiger partial charge on any atom is -0.384 e. The predicted octanol–water partition coefficient (Wildman–Crippen LogP) is 5.17. The highest BCUT2D eigenvalue weighted by molar-refractivity contribution is 6.31. The van der Waals surface area contributed by atoms with Crippen molar-refractivity contribution >= 4 is 11.6 Å². The standard InChI is InChI=1S/C18H20ClFO/c1-11-9-13(15(19)10-16(11)20)17(21)12-7-5-6-8-14(12)18(2,3)4/h5-10,17,21H,1-4H3. The van der Waals surface area contributed by atoms with Gasteiger partial charge in [0, 0.05) is 10.6 Å². The van der Waals surface area contributed by atoms with E-state index in [2.05, 4.69) is 20.8 Å². The SMILES string of the molecule is Cc1cc(C(O)c2ccccc2C(C)(C)C)c(Cl)cc1F. The van der Waals surface area contributed by atoms with Crippen LogP contribution in [0.5, 0.6) is 0 Å². The summed E-state index contributed by atoms with van der Waals surface area (Å²) in [7, 11) is 0. The van der Waals surface area contributed by atoms with E-state index in [9.17, 15) is 9.50 Å². The Kier molecular flexibility index (Phi) is 4.40. The number of aliphatic hydroxyl groups is 1. The second-order valence-electron chi connectivity index (χ2n) is 6.36. The Morgan fingerprint density at radius 1 is 1.10 bits per heavy atom. The van der Waals surface area contributed by atoms with Crippen molar-refractivity contribution in [2.75, 3.05) is 0 Å². The number of halogens is 2. The summed E-state index contributed by atoms with van der Waals surface area (Å²) in [5, 5.41) is 11.0. The number of aryl methyl sites for hydroxylation is 1. The summed E-state index contributed by atoms with van der Waals surface area (Å²) in [5.41, 5.74) is 2.77. The van der Waals surface area contributed by atoms with E-state index in [0.717, 1.165) is 11.1 Å². The molecule has 1 atom stereocenters. The Bertz CT molecular complexity index is 659. The first-order valence-electron chi connectivity index (χ1n) is 6.95. The summed E-state index contributed by atoms with van der Waals surface area (Å²) < 4.78 is 13.5.